The lowest BCUT2D eigenvalue weighted by Gasteiger charge is -2.06. The Morgan fingerprint density at radius 1 is 1.12 bits per heavy atom. The van der Waals surface area contributed by atoms with E-state index in [2.05, 4.69) is 35.8 Å². The number of aryl methyl sites for hydroxylation is 1. The van der Waals surface area contributed by atoms with Gasteiger partial charge in [0, 0.05) is 5.56 Å². The maximum Gasteiger partial charge on any atom is 0.294 e. The smallest absolute Gasteiger partial charge is 0.294 e. The van der Waals surface area contributed by atoms with Crippen molar-refractivity contribution in [2.75, 3.05) is 5.73 Å². The summed E-state index contributed by atoms with van der Waals surface area (Å²) < 4.78 is 5.99. The van der Waals surface area contributed by atoms with Crippen molar-refractivity contribution in [3.63, 3.8) is 0 Å². The second-order valence-corrected chi connectivity index (χ2v) is 7.04. The van der Waals surface area contributed by atoms with Gasteiger partial charge in [-0.2, -0.15) is 9.78 Å². The number of carbonyl (C=O) groups is 1. The van der Waals surface area contributed by atoms with E-state index in [9.17, 15) is 4.79 Å². The van der Waals surface area contributed by atoms with Crippen LogP contribution in [0.5, 0.6) is 0 Å². The third kappa shape index (κ3) is 4.43. The third-order valence-electron chi connectivity index (χ3n) is 4.53. The number of hydrazone groups is 1. The monoisotopic (exact) mass is 428 g/mol. The highest BCUT2D eigenvalue weighted by Crippen LogP contribution is 2.26. The molecule has 0 bridgehead atoms. The van der Waals surface area contributed by atoms with E-state index in [1.54, 1.807) is 6.21 Å². The number of nitrogens with two attached hydrogens (primary N) is 1. The highest BCUT2D eigenvalue weighted by atomic mass is 16.6. The normalized spacial score (nSPS) is 11.8. The number of carbonyl (C=O) groups excluding carboxylic acids is 1. The number of aromatic nitrogens is 5. The summed E-state index contributed by atoms with van der Waals surface area (Å²) in [6.07, 6.45) is 3.50. The molecule has 0 saturated heterocycles. The maximum absolute atomic E-state index is 12.9. The van der Waals surface area contributed by atoms with Gasteiger partial charge >= 0.3 is 0 Å². The van der Waals surface area contributed by atoms with E-state index in [0.29, 0.717) is 11.3 Å². The molecule has 0 unspecified atom stereocenters. The Bertz CT molecular complexity index is 1290. The standard InChI is InChI=1S/C22H20N8O2/c1-14-8-10-17(11-9-14)19-18(25-29-30(19)21-20(23)27-32-28-21)22(31)26-24-13-15(2)12-16-6-4-3-5-7-16/h3-13H,1-2H3,(H2,23,27)(H,26,31)/b15-12+,24-13?. The van der Waals surface area contributed by atoms with Crippen LogP contribution in [-0.2, 0) is 0 Å². The lowest BCUT2D eigenvalue weighted by Crippen LogP contribution is -2.19. The molecule has 160 valence electrons. The number of hydrogen-bond donors (Lipinski definition) is 2. The second-order valence-electron chi connectivity index (χ2n) is 7.04. The summed E-state index contributed by atoms with van der Waals surface area (Å²) in [6, 6.07) is 17.3. The highest BCUT2D eigenvalue weighted by molar-refractivity contribution is 5.99. The van der Waals surface area contributed by atoms with Crippen LogP contribution < -0.4 is 11.2 Å². The lowest BCUT2D eigenvalue weighted by molar-refractivity contribution is 0.0950. The van der Waals surface area contributed by atoms with Crippen molar-refractivity contribution in [3.05, 3.63) is 77.0 Å². The number of anilines is 1. The molecule has 2 aromatic heterocycles. The summed E-state index contributed by atoms with van der Waals surface area (Å²) in [5, 5.41) is 19.4. The second kappa shape index (κ2) is 9.04. The van der Waals surface area contributed by atoms with Crippen molar-refractivity contribution < 1.29 is 9.42 Å². The van der Waals surface area contributed by atoms with Crippen LogP contribution >= 0.6 is 0 Å². The van der Waals surface area contributed by atoms with Gasteiger partial charge in [-0.3, -0.25) is 4.79 Å². The number of rotatable bonds is 6. The minimum Gasteiger partial charge on any atom is -0.378 e. The molecule has 2 heterocycles. The number of benzene rings is 2. The molecule has 32 heavy (non-hydrogen) atoms. The Hall–Kier alpha value is -4.60. The van der Waals surface area contributed by atoms with Gasteiger partial charge in [-0.05, 0) is 35.3 Å². The lowest BCUT2D eigenvalue weighted by atomic mass is 10.1. The largest absolute Gasteiger partial charge is 0.378 e. The predicted molar refractivity (Wildman–Crippen MR) is 120 cm³/mol. The van der Waals surface area contributed by atoms with Crippen LogP contribution in [0.4, 0.5) is 5.82 Å². The van der Waals surface area contributed by atoms with Crippen LogP contribution in [0.15, 0.2) is 69.9 Å². The molecule has 10 heteroatoms. The van der Waals surface area contributed by atoms with Gasteiger partial charge in [0.05, 0.1) is 6.21 Å². The number of hydrogen-bond acceptors (Lipinski definition) is 8. The van der Waals surface area contributed by atoms with E-state index in [4.69, 9.17) is 5.73 Å². The van der Waals surface area contributed by atoms with E-state index in [1.807, 2.05) is 74.5 Å². The molecule has 1 amide bonds. The zero-order valence-corrected chi connectivity index (χ0v) is 17.4. The molecule has 0 spiro atoms. The molecule has 4 aromatic rings. The van der Waals surface area contributed by atoms with E-state index in [-0.39, 0.29) is 17.3 Å². The first-order valence-corrected chi connectivity index (χ1v) is 9.71. The summed E-state index contributed by atoms with van der Waals surface area (Å²) in [6.45, 7) is 3.85. The summed E-state index contributed by atoms with van der Waals surface area (Å²) in [4.78, 5) is 12.9. The van der Waals surface area contributed by atoms with Crippen LogP contribution in [0, 0.1) is 6.92 Å². The number of nitrogens with zero attached hydrogens (tertiary/aromatic N) is 6. The van der Waals surface area contributed by atoms with Gasteiger partial charge in [0.2, 0.25) is 11.6 Å². The first-order chi connectivity index (χ1) is 15.5. The van der Waals surface area contributed by atoms with Gasteiger partial charge in [0.15, 0.2) is 5.69 Å². The van der Waals surface area contributed by atoms with Gasteiger partial charge in [0.25, 0.3) is 5.91 Å². The van der Waals surface area contributed by atoms with Crippen molar-refractivity contribution in [2.24, 2.45) is 5.10 Å². The average molecular weight is 428 g/mol. The fourth-order valence-corrected chi connectivity index (χ4v) is 2.99. The third-order valence-corrected chi connectivity index (χ3v) is 4.53. The molecule has 0 atom stereocenters. The molecule has 0 aliphatic heterocycles. The molecule has 0 fully saturated rings. The highest BCUT2D eigenvalue weighted by Gasteiger charge is 2.25. The van der Waals surface area contributed by atoms with Gasteiger partial charge < -0.3 is 5.73 Å². The Balaban J connectivity index is 1.62. The molecule has 0 aliphatic rings. The topological polar surface area (TPSA) is 137 Å². The summed E-state index contributed by atoms with van der Waals surface area (Å²) in [5.41, 5.74) is 12.4. The van der Waals surface area contributed by atoms with Crippen LogP contribution in [0.25, 0.3) is 23.2 Å². The molecule has 3 N–H and O–H groups in total. The van der Waals surface area contributed by atoms with E-state index in [1.165, 1.54) is 4.68 Å². The molecule has 0 saturated carbocycles. The van der Waals surface area contributed by atoms with Crippen molar-refractivity contribution >= 4 is 24.0 Å². The van der Waals surface area contributed by atoms with Crippen LogP contribution in [0.3, 0.4) is 0 Å². The fraction of sp³-hybridized carbons (Fsp3) is 0.0909. The van der Waals surface area contributed by atoms with E-state index < -0.39 is 5.91 Å². The molecule has 2 aromatic carbocycles. The number of nitrogens with one attached hydrogen (secondary N) is 1. The Morgan fingerprint density at radius 2 is 1.88 bits per heavy atom. The molecule has 0 aliphatic carbocycles. The molecule has 4 rings (SSSR count). The predicted octanol–water partition coefficient (Wildman–Crippen LogP) is 3.03. The molecule has 10 nitrogen and oxygen atoms in total. The summed E-state index contributed by atoms with van der Waals surface area (Å²) in [7, 11) is 0. The molecular weight excluding hydrogens is 408 g/mol. The van der Waals surface area contributed by atoms with Gasteiger partial charge in [-0.25, -0.2) is 10.1 Å². The first-order valence-electron chi connectivity index (χ1n) is 9.71. The minimum atomic E-state index is -0.536. The zero-order chi connectivity index (χ0) is 22.5. The quantitative estimate of drug-likeness (QED) is 0.356. The first kappa shape index (κ1) is 20.7. The van der Waals surface area contributed by atoms with Crippen molar-refractivity contribution in [3.8, 4) is 17.1 Å². The van der Waals surface area contributed by atoms with Gasteiger partial charge in [-0.15, -0.1) is 5.10 Å². The number of amides is 1. The van der Waals surface area contributed by atoms with Gasteiger partial charge in [0.1, 0.15) is 5.69 Å². The maximum atomic E-state index is 12.9. The Morgan fingerprint density at radius 3 is 2.56 bits per heavy atom. The van der Waals surface area contributed by atoms with E-state index >= 15 is 0 Å². The molecular formula is C22H20N8O2. The van der Waals surface area contributed by atoms with Crippen molar-refractivity contribution in [1.82, 2.24) is 30.7 Å². The van der Waals surface area contributed by atoms with Crippen LogP contribution in [-0.4, -0.2) is 37.4 Å². The van der Waals surface area contributed by atoms with Crippen molar-refractivity contribution in [1.29, 1.82) is 0 Å². The van der Waals surface area contributed by atoms with E-state index in [0.717, 1.165) is 16.7 Å². The Labute approximate surface area is 183 Å². The fourth-order valence-electron chi connectivity index (χ4n) is 2.99. The minimum absolute atomic E-state index is 0.0231. The van der Waals surface area contributed by atoms with Gasteiger partial charge in [-0.1, -0.05) is 71.5 Å². The Kier molecular flexibility index (Phi) is 5.84. The summed E-state index contributed by atoms with van der Waals surface area (Å²) >= 11 is 0. The summed E-state index contributed by atoms with van der Waals surface area (Å²) in [5.74, 6) is -0.377. The average Bonchev–Trinajstić information content (AvgIpc) is 3.41. The SMILES string of the molecule is C/C(C=NNC(=O)c1nnn(-c2nonc2N)c1-c1ccc(C)cc1)=C\c1ccccc1. The van der Waals surface area contributed by atoms with Crippen LogP contribution in [0.1, 0.15) is 28.5 Å². The number of allylic oxidation sites excluding steroid dienone is 1. The van der Waals surface area contributed by atoms with Crippen molar-refractivity contribution in [2.45, 2.75) is 13.8 Å². The zero-order valence-electron chi connectivity index (χ0n) is 17.4. The number of nitrogen functional groups attached to an aromatic ring is 1. The molecule has 0 radical (unpaired) electrons. The van der Waals surface area contributed by atoms with Crippen LogP contribution in [0.2, 0.25) is 0 Å².